The van der Waals surface area contributed by atoms with Crippen molar-refractivity contribution in [2.75, 3.05) is 19.7 Å². The van der Waals surface area contributed by atoms with Crippen molar-refractivity contribution >= 4 is 6.03 Å². The van der Waals surface area contributed by atoms with Crippen molar-refractivity contribution < 1.29 is 9.90 Å². The number of aliphatic hydroxyl groups excluding tert-OH is 1. The Labute approximate surface area is 72.6 Å². The molecule has 0 aliphatic carbocycles. The Morgan fingerprint density at radius 2 is 2.33 bits per heavy atom. The van der Waals surface area contributed by atoms with Crippen molar-refractivity contribution in [1.82, 2.24) is 10.2 Å². The lowest BCUT2D eigenvalue weighted by Crippen LogP contribution is -2.43. The Balaban J connectivity index is 2.58. The summed E-state index contributed by atoms with van der Waals surface area (Å²) < 4.78 is 0. The Morgan fingerprint density at radius 3 is 2.67 bits per heavy atom. The zero-order chi connectivity index (χ0) is 9.14. The van der Waals surface area contributed by atoms with Crippen LogP contribution in [0.5, 0.6) is 0 Å². The monoisotopic (exact) mass is 172 g/mol. The van der Waals surface area contributed by atoms with Crippen LogP contribution in [-0.2, 0) is 0 Å². The third kappa shape index (κ3) is 1.69. The van der Waals surface area contributed by atoms with E-state index in [9.17, 15) is 4.79 Å². The largest absolute Gasteiger partial charge is 0.394 e. The van der Waals surface area contributed by atoms with Crippen LogP contribution in [0.3, 0.4) is 0 Å². The predicted octanol–water partition coefficient (Wildman–Crippen LogP) is 0.0285. The molecular formula is C8H16N2O2. The SMILES string of the molecule is CC(C)C(CO)N1CCNC1=O. The van der Waals surface area contributed by atoms with Gasteiger partial charge in [-0.05, 0) is 5.92 Å². The lowest BCUT2D eigenvalue weighted by molar-refractivity contribution is 0.125. The first-order valence-corrected chi connectivity index (χ1v) is 4.32. The van der Waals surface area contributed by atoms with Gasteiger partial charge in [0.2, 0.25) is 0 Å². The number of nitrogens with zero attached hydrogens (tertiary/aromatic N) is 1. The van der Waals surface area contributed by atoms with Crippen molar-refractivity contribution in [2.45, 2.75) is 19.9 Å². The first-order chi connectivity index (χ1) is 5.66. The second-order valence-corrected chi connectivity index (χ2v) is 3.42. The minimum absolute atomic E-state index is 0.0347. The van der Waals surface area contributed by atoms with E-state index in [0.717, 1.165) is 0 Å². The van der Waals surface area contributed by atoms with Crippen LogP contribution < -0.4 is 5.32 Å². The zero-order valence-corrected chi connectivity index (χ0v) is 7.58. The summed E-state index contributed by atoms with van der Waals surface area (Å²) in [5.41, 5.74) is 0. The van der Waals surface area contributed by atoms with Gasteiger partial charge in [0.25, 0.3) is 0 Å². The molecule has 0 saturated carbocycles. The Bertz CT molecular complexity index is 170. The summed E-state index contributed by atoms with van der Waals surface area (Å²) in [7, 11) is 0. The number of amides is 2. The lowest BCUT2D eigenvalue weighted by Gasteiger charge is -2.27. The van der Waals surface area contributed by atoms with Crippen LogP contribution in [0.25, 0.3) is 0 Å². The number of rotatable bonds is 3. The summed E-state index contributed by atoms with van der Waals surface area (Å²) >= 11 is 0. The first-order valence-electron chi connectivity index (χ1n) is 4.32. The third-order valence-corrected chi connectivity index (χ3v) is 2.25. The molecule has 2 N–H and O–H groups in total. The Morgan fingerprint density at radius 1 is 1.67 bits per heavy atom. The summed E-state index contributed by atoms with van der Waals surface area (Å²) in [6, 6.07) is -0.0877. The maximum atomic E-state index is 11.2. The van der Waals surface area contributed by atoms with Gasteiger partial charge in [-0.1, -0.05) is 13.8 Å². The standard InChI is InChI=1S/C8H16N2O2/c1-6(2)7(5-11)10-4-3-9-8(10)12/h6-7,11H,3-5H2,1-2H3,(H,9,12). The van der Waals surface area contributed by atoms with Gasteiger partial charge < -0.3 is 15.3 Å². The number of urea groups is 1. The molecule has 0 bridgehead atoms. The van der Waals surface area contributed by atoms with E-state index in [0.29, 0.717) is 19.0 Å². The molecule has 2 amide bonds. The van der Waals surface area contributed by atoms with Crippen molar-refractivity contribution in [3.05, 3.63) is 0 Å². The van der Waals surface area contributed by atoms with E-state index in [-0.39, 0.29) is 18.7 Å². The minimum atomic E-state index is -0.0530. The van der Waals surface area contributed by atoms with Crippen molar-refractivity contribution in [3.63, 3.8) is 0 Å². The van der Waals surface area contributed by atoms with Crippen LogP contribution in [0.4, 0.5) is 4.79 Å². The number of hydrogen-bond donors (Lipinski definition) is 2. The molecule has 12 heavy (non-hydrogen) atoms. The molecule has 1 heterocycles. The highest BCUT2D eigenvalue weighted by Crippen LogP contribution is 2.12. The third-order valence-electron chi connectivity index (χ3n) is 2.25. The predicted molar refractivity (Wildman–Crippen MR) is 45.8 cm³/mol. The molecule has 0 aromatic heterocycles. The van der Waals surface area contributed by atoms with Gasteiger partial charge in [0.15, 0.2) is 0 Å². The summed E-state index contributed by atoms with van der Waals surface area (Å²) in [6.07, 6.45) is 0. The average Bonchev–Trinajstić information content (AvgIpc) is 2.38. The molecule has 70 valence electrons. The summed E-state index contributed by atoms with van der Waals surface area (Å²) in [5.74, 6) is 0.304. The fraction of sp³-hybridized carbons (Fsp3) is 0.875. The number of nitrogens with one attached hydrogen (secondary N) is 1. The van der Waals surface area contributed by atoms with Crippen molar-refractivity contribution in [2.24, 2.45) is 5.92 Å². The number of hydrogen-bond acceptors (Lipinski definition) is 2. The van der Waals surface area contributed by atoms with Gasteiger partial charge in [-0.15, -0.1) is 0 Å². The molecule has 4 nitrogen and oxygen atoms in total. The molecule has 1 rings (SSSR count). The van der Waals surface area contributed by atoms with E-state index in [1.54, 1.807) is 4.90 Å². The Kier molecular flexibility index (Phi) is 2.92. The van der Waals surface area contributed by atoms with Gasteiger partial charge in [0.05, 0.1) is 12.6 Å². The van der Waals surface area contributed by atoms with Gasteiger partial charge in [-0.25, -0.2) is 4.79 Å². The molecule has 1 aliphatic rings. The molecule has 1 aliphatic heterocycles. The topological polar surface area (TPSA) is 52.6 Å². The fourth-order valence-electron chi connectivity index (χ4n) is 1.47. The van der Waals surface area contributed by atoms with E-state index < -0.39 is 0 Å². The highest BCUT2D eigenvalue weighted by Gasteiger charge is 2.28. The van der Waals surface area contributed by atoms with Crippen molar-refractivity contribution in [1.29, 1.82) is 0 Å². The van der Waals surface area contributed by atoms with Crippen molar-refractivity contribution in [3.8, 4) is 0 Å². The molecule has 0 spiro atoms. The summed E-state index contributed by atoms with van der Waals surface area (Å²) in [4.78, 5) is 12.9. The minimum Gasteiger partial charge on any atom is -0.394 e. The summed E-state index contributed by atoms with van der Waals surface area (Å²) in [5, 5.41) is 11.8. The maximum absolute atomic E-state index is 11.2. The van der Waals surface area contributed by atoms with E-state index in [2.05, 4.69) is 5.32 Å². The van der Waals surface area contributed by atoms with Gasteiger partial charge in [-0.2, -0.15) is 0 Å². The molecule has 0 aromatic rings. The molecular weight excluding hydrogens is 156 g/mol. The van der Waals surface area contributed by atoms with Gasteiger partial charge in [0.1, 0.15) is 0 Å². The van der Waals surface area contributed by atoms with Gasteiger partial charge >= 0.3 is 6.03 Å². The maximum Gasteiger partial charge on any atom is 0.317 e. The molecule has 0 aromatic carbocycles. The fourth-order valence-corrected chi connectivity index (χ4v) is 1.47. The first kappa shape index (κ1) is 9.32. The highest BCUT2D eigenvalue weighted by molar-refractivity contribution is 5.76. The number of carbonyl (C=O) groups excluding carboxylic acids is 1. The second kappa shape index (κ2) is 3.76. The van der Waals surface area contributed by atoms with Crippen LogP contribution >= 0.6 is 0 Å². The Hall–Kier alpha value is -0.770. The normalized spacial score (nSPS) is 20.0. The number of carbonyl (C=O) groups is 1. The van der Waals surface area contributed by atoms with Crippen LogP contribution in [0.1, 0.15) is 13.8 Å². The molecule has 4 heteroatoms. The molecule has 1 saturated heterocycles. The summed E-state index contributed by atoms with van der Waals surface area (Å²) in [6.45, 7) is 5.47. The van der Waals surface area contributed by atoms with Gasteiger partial charge in [0, 0.05) is 13.1 Å². The van der Waals surface area contributed by atoms with Crippen LogP contribution in [-0.4, -0.2) is 41.8 Å². The quantitative estimate of drug-likeness (QED) is 0.631. The molecule has 1 unspecified atom stereocenters. The van der Waals surface area contributed by atoms with Crippen LogP contribution in [0.15, 0.2) is 0 Å². The molecule has 0 radical (unpaired) electrons. The van der Waals surface area contributed by atoms with Crippen LogP contribution in [0.2, 0.25) is 0 Å². The molecule has 1 fully saturated rings. The van der Waals surface area contributed by atoms with E-state index >= 15 is 0 Å². The lowest BCUT2D eigenvalue weighted by atomic mass is 10.0. The molecule has 1 atom stereocenters. The van der Waals surface area contributed by atoms with Crippen LogP contribution in [0, 0.1) is 5.92 Å². The van der Waals surface area contributed by atoms with E-state index in [1.165, 1.54) is 0 Å². The van der Waals surface area contributed by atoms with E-state index in [1.807, 2.05) is 13.8 Å². The van der Waals surface area contributed by atoms with Gasteiger partial charge in [-0.3, -0.25) is 0 Å². The highest BCUT2D eigenvalue weighted by atomic mass is 16.3. The average molecular weight is 172 g/mol. The van der Waals surface area contributed by atoms with E-state index in [4.69, 9.17) is 5.11 Å². The second-order valence-electron chi connectivity index (χ2n) is 3.42. The smallest absolute Gasteiger partial charge is 0.317 e. The number of aliphatic hydroxyl groups is 1. The zero-order valence-electron chi connectivity index (χ0n) is 7.58.